The maximum Gasteiger partial charge on any atom is 0.335 e. The Balaban J connectivity index is 1.81. The van der Waals surface area contributed by atoms with Crippen molar-refractivity contribution >= 4 is 23.4 Å². The second-order valence-electron chi connectivity index (χ2n) is 8.02. The van der Waals surface area contributed by atoms with Crippen LogP contribution in [-0.2, 0) is 16.1 Å². The molecular formula is C27H23NO6. The highest BCUT2D eigenvalue weighted by Crippen LogP contribution is 2.40. The van der Waals surface area contributed by atoms with Gasteiger partial charge in [-0.05, 0) is 53.9 Å². The van der Waals surface area contributed by atoms with Gasteiger partial charge in [-0.15, -0.1) is 0 Å². The summed E-state index contributed by atoms with van der Waals surface area (Å²) in [6, 6.07) is 19.4. The number of Topliss-reactive ketones (excluding diaryl/α,β-unsaturated/α-hetero) is 1. The Hall–Kier alpha value is -4.39. The quantitative estimate of drug-likeness (QED) is 0.325. The number of nitrogens with zero attached hydrogens (tertiary/aromatic N) is 1. The van der Waals surface area contributed by atoms with Crippen LogP contribution in [0.4, 0.5) is 0 Å². The second-order valence-corrected chi connectivity index (χ2v) is 8.02. The standard InChI is InChI=1S/C27H23NO6/c1-16-14-20(12-13-21(16)34-2)24(29)22-23(18-6-4-3-5-7-18)28(26(31)25(22)30)15-17-8-10-19(11-9-17)27(32)33/h3-14,23,29H,15H2,1-2H3,(H,32,33)/b24-22-. The molecule has 3 aromatic carbocycles. The molecule has 4 rings (SSSR count). The van der Waals surface area contributed by atoms with Crippen molar-refractivity contribution in [2.75, 3.05) is 7.11 Å². The van der Waals surface area contributed by atoms with Gasteiger partial charge in [-0.2, -0.15) is 0 Å². The van der Waals surface area contributed by atoms with Gasteiger partial charge in [0.15, 0.2) is 0 Å². The molecule has 1 unspecified atom stereocenters. The van der Waals surface area contributed by atoms with Crippen LogP contribution in [0.3, 0.4) is 0 Å². The van der Waals surface area contributed by atoms with Gasteiger partial charge in [-0.25, -0.2) is 4.79 Å². The molecular weight excluding hydrogens is 434 g/mol. The minimum atomic E-state index is -1.05. The smallest absolute Gasteiger partial charge is 0.335 e. The highest BCUT2D eigenvalue weighted by Gasteiger charge is 2.46. The average molecular weight is 457 g/mol. The lowest BCUT2D eigenvalue weighted by Gasteiger charge is -2.25. The van der Waals surface area contributed by atoms with Crippen molar-refractivity contribution in [2.45, 2.75) is 19.5 Å². The van der Waals surface area contributed by atoms with Gasteiger partial charge >= 0.3 is 5.97 Å². The van der Waals surface area contributed by atoms with Crippen LogP contribution in [0.5, 0.6) is 5.75 Å². The average Bonchev–Trinajstić information content (AvgIpc) is 3.09. The molecule has 0 aromatic heterocycles. The number of aliphatic hydroxyl groups excluding tert-OH is 1. The number of ether oxygens (including phenoxy) is 1. The summed E-state index contributed by atoms with van der Waals surface area (Å²) in [7, 11) is 1.55. The third-order valence-electron chi connectivity index (χ3n) is 5.88. The molecule has 3 aromatic rings. The van der Waals surface area contributed by atoms with Crippen molar-refractivity contribution in [3.63, 3.8) is 0 Å². The highest BCUT2D eigenvalue weighted by molar-refractivity contribution is 6.46. The highest BCUT2D eigenvalue weighted by atomic mass is 16.5. The van der Waals surface area contributed by atoms with Crippen molar-refractivity contribution < 1.29 is 29.3 Å². The number of carboxylic acids is 1. The van der Waals surface area contributed by atoms with Gasteiger partial charge in [-0.1, -0.05) is 42.5 Å². The molecule has 0 saturated carbocycles. The fraction of sp³-hybridized carbons (Fsp3) is 0.148. The number of hydrogen-bond acceptors (Lipinski definition) is 5. The number of methoxy groups -OCH3 is 1. The van der Waals surface area contributed by atoms with Crippen LogP contribution in [0.2, 0.25) is 0 Å². The van der Waals surface area contributed by atoms with Gasteiger partial charge in [0, 0.05) is 12.1 Å². The van der Waals surface area contributed by atoms with Gasteiger partial charge in [-0.3, -0.25) is 9.59 Å². The van der Waals surface area contributed by atoms with Gasteiger partial charge in [0.1, 0.15) is 11.5 Å². The van der Waals surface area contributed by atoms with Crippen LogP contribution in [0, 0.1) is 6.92 Å². The number of likely N-dealkylation sites (tertiary alicyclic amines) is 1. The number of ketones is 1. The molecule has 1 saturated heterocycles. The SMILES string of the molecule is COc1ccc(/C(O)=C2/C(=O)C(=O)N(Cc3ccc(C(=O)O)cc3)C2c2ccccc2)cc1C. The molecule has 1 aliphatic heterocycles. The van der Waals surface area contributed by atoms with E-state index in [1.165, 1.54) is 17.0 Å². The molecule has 1 aliphatic rings. The van der Waals surface area contributed by atoms with Gasteiger partial charge in [0.2, 0.25) is 0 Å². The molecule has 0 bridgehead atoms. The number of amides is 1. The van der Waals surface area contributed by atoms with E-state index >= 15 is 0 Å². The Morgan fingerprint density at radius 1 is 0.941 bits per heavy atom. The normalized spacial score (nSPS) is 17.1. The lowest BCUT2D eigenvalue weighted by atomic mass is 9.94. The van der Waals surface area contributed by atoms with E-state index in [9.17, 15) is 19.5 Å². The van der Waals surface area contributed by atoms with Crippen molar-refractivity contribution in [1.82, 2.24) is 4.90 Å². The molecule has 1 heterocycles. The van der Waals surface area contributed by atoms with Crippen LogP contribution < -0.4 is 4.74 Å². The second kappa shape index (κ2) is 9.23. The minimum absolute atomic E-state index is 0.00271. The van der Waals surface area contributed by atoms with Crippen molar-refractivity contribution in [3.8, 4) is 5.75 Å². The Morgan fingerprint density at radius 2 is 1.59 bits per heavy atom. The van der Waals surface area contributed by atoms with Crippen molar-refractivity contribution in [1.29, 1.82) is 0 Å². The summed E-state index contributed by atoms with van der Waals surface area (Å²) in [5.74, 6) is -2.18. The number of carboxylic acid groups (broad SMARTS) is 1. The van der Waals surface area contributed by atoms with Crippen molar-refractivity contribution in [2.24, 2.45) is 0 Å². The van der Waals surface area contributed by atoms with E-state index in [2.05, 4.69) is 0 Å². The lowest BCUT2D eigenvalue weighted by Crippen LogP contribution is -2.29. The number of aromatic carboxylic acids is 1. The first-order chi connectivity index (χ1) is 16.3. The van der Waals surface area contributed by atoms with E-state index in [1.807, 2.05) is 13.0 Å². The third kappa shape index (κ3) is 4.15. The van der Waals surface area contributed by atoms with Crippen LogP contribution >= 0.6 is 0 Å². The molecule has 7 nitrogen and oxygen atoms in total. The summed E-state index contributed by atoms with van der Waals surface area (Å²) in [5.41, 5.74) is 2.64. The summed E-state index contributed by atoms with van der Waals surface area (Å²) in [6.07, 6.45) is 0. The number of rotatable bonds is 6. The molecule has 0 radical (unpaired) electrons. The number of aliphatic hydroxyl groups is 1. The minimum Gasteiger partial charge on any atom is -0.507 e. The van der Waals surface area contributed by atoms with E-state index in [0.29, 0.717) is 22.4 Å². The first-order valence-corrected chi connectivity index (χ1v) is 10.6. The predicted molar refractivity (Wildman–Crippen MR) is 125 cm³/mol. The Morgan fingerprint density at radius 3 is 2.18 bits per heavy atom. The first kappa shape index (κ1) is 22.8. The van der Waals surface area contributed by atoms with Gasteiger partial charge < -0.3 is 19.8 Å². The Labute approximate surface area is 196 Å². The molecule has 1 amide bonds. The zero-order valence-corrected chi connectivity index (χ0v) is 18.7. The summed E-state index contributed by atoms with van der Waals surface area (Å²) in [6.45, 7) is 1.89. The molecule has 1 fully saturated rings. The maximum atomic E-state index is 13.1. The van der Waals surface area contributed by atoms with E-state index in [4.69, 9.17) is 9.84 Å². The van der Waals surface area contributed by atoms with E-state index in [0.717, 1.165) is 5.56 Å². The largest absolute Gasteiger partial charge is 0.507 e. The molecule has 172 valence electrons. The van der Waals surface area contributed by atoms with E-state index in [1.54, 1.807) is 61.7 Å². The summed E-state index contributed by atoms with van der Waals surface area (Å²) in [4.78, 5) is 38.8. The Bertz CT molecular complexity index is 1290. The fourth-order valence-corrected chi connectivity index (χ4v) is 4.16. The molecule has 7 heteroatoms. The number of carbonyl (C=O) groups is 3. The number of aryl methyl sites for hydroxylation is 1. The monoisotopic (exact) mass is 457 g/mol. The van der Waals surface area contributed by atoms with Crippen LogP contribution in [0.25, 0.3) is 5.76 Å². The number of hydrogen-bond donors (Lipinski definition) is 2. The summed E-state index contributed by atoms with van der Waals surface area (Å²) in [5, 5.41) is 20.3. The topological polar surface area (TPSA) is 104 Å². The van der Waals surface area contributed by atoms with Gasteiger partial charge in [0.05, 0.1) is 24.3 Å². The zero-order valence-electron chi connectivity index (χ0n) is 18.7. The third-order valence-corrected chi connectivity index (χ3v) is 5.88. The summed E-state index contributed by atoms with van der Waals surface area (Å²) >= 11 is 0. The predicted octanol–water partition coefficient (Wildman–Crippen LogP) is 4.32. The summed E-state index contributed by atoms with van der Waals surface area (Å²) < 4.78 is 5.28. The van der Waals surface area contributed by atoms with Gasteiger partial charge in [0.25, 0.3) is 11.7 Å². The Kier molecular flexibility index (Phi) is 6.19. The molecule has 2 N–H and O–H groups in total. The lowest BCUT2D eigenvalue weighted by molar-refractivity contribution is -0.140. The van der Waals surface area contributed by atoms with Crippen molar-refractivity contribution in [3.05, 3.63) is 106 Å². The molecule has 0 spiro atoms. The van der Waals surface area contributed by atoms with E-state index in [-0.39, 0.29) is 23.4 Å². The first-order valence-electron chi connectivity index (χ1n) is 10.6. The number of benzene rings is 3. The molecule has 34 heavy (non-hydrogen) atoms. The van der Waals surface area contributed by atoms with Crippen LogP contribution in [-0.4, -0.2) is 39.9 Å². The maximum absolute atomic E-state index is 13.1. The fourth-order valence-electron chi connectivity index (χ4n) is 4.16. The van der Waals surface area contributed by atoms with Crippen LogP contribution in [0.1, 0.15) is 38.7 Å². The van der Waals surface area contributed by atoms with E-state index < -0.39 is 23.7 Å². The van der Waals surface area contributed by atoms with Crippen LogP contribution in [0.15, 0.2) is 78.4 Å². The zero-order chi connectivity index (χ0) is 24.4. The molecule has 0 aliphatic carbocycles. The molecule has 1 atom stereocenters. The number of carbonyl (C=O) groups excluding carboxylic acids is 2.